The molecule has 0 radical (unpaired) electrons. The third kappa shape index (κ3) is 3.11. The van der Waals surface area contributed by atoms with Crippen LogP contribution in [-0.2, 0) is 4.74 Å². The summed E-state index contributed by atoms with van der Waals surface area (Å²) in [5.74, 6) is 0.893. The molecule has 0 spiro atoms. The van der Waals surface area contributed by atoms with Gasteiger partial charge in [-0.15, -0.1) is 0 Å². The molecule has 1 aromatic heterocycles. The number of pyridine rings is 1. The zero-order valence-corrected chi connectivity index (χ0v) is 12.8. The Morgan fingerprint density at radius 1 is 1.25 bits per heavy atom. The fourth-order valence-corrected chi connectivity index (χ4v) is 2.82. The highest BCUT2D eigenvalue weighted by molar-refractivity contribution is 9.10. The van der Waals surface area contributed by atoms with Gasteiger partial charge in [-0.05, 0) is 34.1 Å². The molecule has 0 amide bonds. The van der Waals surface area contributed by atoms with Crippen molar-refractivity contribution in [2.45, 2.75) is 0 Å². The summed E-state index contributed by atoms with van der Waals surface area (Å²) >= 11 is 3.52. The molecular weight excluding hydrogens is 320 g/mol. The van der Waals surface area contributed by atoms with Gasteiger partial charge < -0.3 is 9.47 Å². The second-order valence-electron chi connectivity index (χ2n) is 4.75. The van der Waals surface area contributed by atoms with Gasteiger partial charge in [0.1, 0.15) is 12.4 Å². The number of hydrogen-bond acceptors (Lipinski definition) is 4. The van der Waals surface area contributed by atoms with E-state index < -0.39 is 0 Å². The molecule has 1 aliphatic heterocycles. The first kappa shape index (κ1) is 13.8. The van der Waals surface area contributed by atoms with Gasteiger partial charge in [-0.3, -0.25) is 9.88 Å². The lowest BCUT2D eigenvalue weighted by molar-refractivity contribution is 0.0323. The lowest BCUT2D eigenvalue weighted by Crippen LogP contribution is -2.38. The molecule has 1 aromatic carbocycles. The number of hydrogen-bond donors (Lipinski definition) is 0. The number of ether oxygens (including phenoxy) is 2. The Kier molecular flexibility index (Phi) is 4.50. The number of para-hydroxylation sites is 1. The Morgan fingerprint density at radius 3 is 2.95 bits per heavy atom. The molecule has 0 bridgehead atoms. The maximum atomic E-state index is 5.93. The minimum absolute atomic E-state index is 0.686. The van der Waals surface area contributed by atoms with Gasteiger partial charge >= 0.3 is 0 Å². The number of fused-ring (bicyclic) bond motifs is 1. The van der Waals surface area contributed by atoms with Gasteiger partial charge in [-0.2, -0.15) is 0 Å². The average molecular weight is 337 g/mol. The van der Waals surface area contributed by atoms with Gasteiger partial charge in [0.2, 0.25) is 0 Å². The minimum atomic E-state index is 0.686. The van der Waals surface area contributed by atoms with Gasteiger partial charge in [0.25, 0.3) is 0 Å². The zero-order chi connectivity index (χ0) is 13.8. The molecule has 0 aliphatic carbocycles. The number of morpholine rings is 1. The van der Waals surface area contributed by atoms with Crippen LogP contribution in [0, 0.1) is 0 Å². The van der Waals surface area contributed by atoms with E-state index >= 15 is 0 Å². The smallest absolute Gasteiger partial charge is 0.130 e. The van der Waals surface area contributed by atoms with Crippen LogP contribution in [0.3, 0.4) is 0 Å². The molecule has 5 heteroatoms. The summed E-state index contributed by atoms with van der Waals surface area (Å²) in [6.45, 7) is 5.25. The Morgan fingerprint density at radius 2 is 2.10 bits per heavy atom. The Hall–Kier alpha value is -1.17. The summed E-state index contributed by atoms with van der Waals surface area (Å²) in [5, 5.41) is 1.05. The van der Waals surface area contributed by atoms with Crippen LogP contribution < -0.4 is 4.74 Å². The standard InChI is InChI=1S/C15H17BrN2O2/c16-13-3-1-2-12-14(4-5-17-15(12)13)20-11-8-18-6-9-19-10-7-18/h1-5H,6-11H2. The summed E-state index contributed by atoms with van der Waals surface area (Å²) in [5.41, 5.74) is 0.941. The highest BCUT2D eigenvalue weighted by Gasteiger charge is 2.10. The highest BCUT2D eigenvalue weighted by atomic mass is 79.9. The summed E-state index contributed by atoms with van der Waals surface area (Å²) in [6.07, 6.45) is 1.79. The van der Waals surface area contributed by atoms with Gasteiger partial charge in [-0.25, -0.2) is 0 Å². The van der Waals surface area contributed by atoms with Crippen LogP contribution in [0.5, 0.6) is 5.75 Å². The molecule has 0 unspecified atom stereocenters. The molecule has 1 fully saturated rings. The summed E-state index contributed by atoms with van der Waals surface area (Å²) in [4.78, 5) is 6.75. The van der Waals surface area contributed by atoms with Crippen molar-refractivity contribution in [3.63, 3.8) is 0 Å². The molecule has 1 aliphatic rings. The van der Waals surface area contributed by atoms with E-state index in [1.165, 1.54) is 0 Å². The molecule has 1 saturated heterocycles. The van der Waals surface area contributed by atoms with Crippen molar-refractivity contribution in [1.82, 2.24) is 9.88 Å². The van der Waals surface area contributed by atoms with Crippen LogP contribution in [-0.4, -0.2) is 49.3 Å². The number of halogens is 1. The first-order chi connectivity index (χ1) is 9.84. The van der Waals surface area contributed by atoms with Gasteiger partial charge in [0.05, 0.1) is 18.7 Å². The molecule has 4 nitrogen and oxygen atoms in total. The first-order valence-corrected chi connectivity index (χ1v) is 7.60. The molecule has 0 N–H and O–H groups in total. The van der Waals surface area contributed by atoms with Crippen molar-refractivity contribution in [2.75, 3.05) is 39.5 Å². The molecule has 20 heavy (non-hydrogen) atoms. The fraction of sp³-hybridized carbons (Fsp3) is 0.400. The Bertz CT molecular complexity index is 585. The third-order valence-electron chi connectivity index (χ3n) is 3.45. The van der Waals surface area contributed by atoms with Crippen molar-refractivity contribution in [2.24, 2.45) is 0 Å². The van der Waals surface area contributed by atoms with E-state index in [9.17, 15) is 0 Å². The number of nitrogens with zero attached hydrogens (tertiary/aromatic N) is 2. The van der Waals surface area contributed by atoms with Crippen molar-refractivity contribution >= 4 is 26.8 Å². The molecule has 0 saturated carbocycles. The monoisotopic (exact) mass is 336 g/mol. The van der Waals surface area contributed by atoms with Gasteiger partial charge in [0, 0.05) is 35.7 Å². The van der Waals surface area contributed by atoms with E-state index in [0.29, 0.717) is 6.61 Å². The van der Waals surface area contributed by atoms with E-state index in [1.54, 1.807) is 6.20 Å². The Balaban J connectivity index is 1.66. The van der Waals surface area contributed by atoms with Crippen LogP contribution in [0.25, 0.3) is 10.9 Å². The van der Waals surface area contributed by atoms with Crippen LogP contribution in [0.4, 0.5) is 0 Å². The molecule has 2 heterocycles. The lowest BCUT2D eigenvalue weighted by atomic mass is 10.2. The maximum Gasteiger partial charge on any atom is 0.130 e. The largest absolute Gasteiger partial charge is 0.491 e. The van der Waals surface area contributed by atoms with Crippen LogP contribution in [0.1, 0.15) is 0 Å². The van der Waals surface area contributed by atoms with Crippen LogP contribution in [0.2, 0.25) is 0 Å². The number of rotatable bonds is 4. The van der Waals surface area contributed by atoms with Gasteiger partial charge in [-0.1, -0.05) is 6.07 Å². The van der Waals surface area contributed by atoms with Gasteiger partial charge in [0.15, 0.2) is 0 Å². The van der Waals surface area contributed by atoms with Crippen molar-refractivity contribution in [1.29, 1.82) is 0 Å². The Labute approximate surface area is 126 Å². The maximum absolute atomic E-state index is 5.93. The second kappa shape index (κ2) is 6.52. The van der Waals surface area contributed by atoms with E-state index in [4.69, 9.17) is 9.47 Å². The SMILES string of the molecule is Brc1cccc2c(OCCN3CCOCC3)ccnc12. The first-order valence-electron chi connectivity index (χ1n) is 6.81. The van der Waals surface area contributed by atoms with E-state index in [-0.39, 0.29) is 0 Å². The van der Waals surface area contributed by atoms with Crippen molar-refractivity contribution < 1.29 is 9.47 Å². The molecular formula is C15H17BrN2O2. The summed E-state index contributed by atoms with van der Waals surface area (Å²) in [6, 6.07) is 7.96. The topological polar surface area (TPSA) is 34.6 Å². The predicted octanol–water partition coefficient (Wildman–Crippen LogP) is 2.71. The molecule has 0 atom stereocenters. The van der Waals surface area contributed by atoms with E-state index in [0.717, 1.165) is 54.0 Å². The fourth-order valence-electron chi connectivity index (χ4n) is 2.35. The normalized spacial score (nSPS) is 16.4. The van der Waals surface area contributed by atoms with Crippen molar-refractivity contribution in [3.8, 4) is 5.75 Å². The average Bonchev–Trinajstić information content (AvgIpc) is 2.49. The molecule has 106 valence electrons. The molecule has 3 rings (SSSR count). The van der Waals surface area contributed by atoms with Crippen molar-refractivity contribution in [3.05, 3.63) is 34.9 Å². The number of aromatic nitrogens is 1. The summed E-state index contributed by atoms with van der Waals surface area (Å²) < 4.78 is 12.3. The lowest BCUT2D eigenvalue weighted by Gasteiger charge is -2.26. The second-order valence-corrected chi connectivity index (χ2v) is 5.60. The van der Waals surface area contributed by atoms with Crippen LogP contribution in [0.15, 0.2) is 34.9 Å². The molecule has 2 aromatic rings. The van der Waals surface area contributed by atoms with E-state index in [2.05, 4.69) is 25.8 Å². The van der Waals surface area contributed by atoms with Crippen LogP contribution >= 0.6 is 15.9 Å². The van der Waals surface area contributed by atoms with E-state index in [1.807, 2.05) is 24.3 Å². The number of benzene rings is 1. The summed E-state index contributed by atoms with van der Waals surface area (Å²) in [7, 11) is 0. The minimum Gasteiger partial charge on any atom is -0.491 e. The quantitative estimate of drug-likeness (QED) is 0.859. The third-order valence-corrected chi connectivity index (χ3v) is 4.09. The zero-order valence-electron chi connectivity index (χ0n) is 11.2. The predicted molar refractivity (Wildman–Crippen MR) is 82.2 cm³/mol. The highest BCUT2D eigenvalue weighted by Crippen LogP contribution is 2.28.